The van der Waals surface area contributed by atoms with Crippen molar-refractivity contribution in [1.29, 1.82) is 0 Å². The van der Waals surface area contributed by atoms with Crippen molar-refractivity contribution in [1.82, 2.24) is 15.2 Å². The summed E-state index contributed by atoms with van der Waals surface area (Å²) in [6.07, 6.45) is 3.46. The standard InChI is InChI=1S/C30H37FN4O2/c1-20(2)35(21(3)4)30(37)28(24-14-10-16-33-18-24)25(22-11-6-5-7-12-22)19-34-29(36)27(32)17-23-13-8-9-15-26(23)31/h5-16,18,20-21,25,27-28H,17,19,32H2,1-4H3,(H,34,36)/t25?,27-,28?/m0/s1. The van der Waals surface area contributed by atoms with Crippen molar-refractivity contribution in [3.8, 4) is 0 Å². The summed E-state index contributed by atoms with van der Waals surface area (Å²) >= 11 is 0. The molecule has 3 N–H and O–H groups in total. The van der Waals surface area contributed by atoms with E-state index in [9.17, 15) is 14.0 Å². The van der Waals surface area contributed by atoms with Crippen molar-refractivity contribution in [3.63, 3.8) is 0 Å². The summed E-state index contributed by atoms with van der Waals surface area (Å²) in [6.45, 7) is 8.18. The summed E-state index contributed by atoms with van der Waals surface area (Å²) in [6, 6.07) is 18.7. The zero-order valence-corrected chi connectivity index (χ0v) is 22.0. The van der Waals surface area contributed by atoms with E-state index in [1.165, 1.54) is 6.07 Å². The number of aromatic nitrogens is 1. The maximum atomic E-state index is 14.1. The summed E-state index contributed by atoms with van der Waals surface area (Å²) in [4.78, 5) is 33.3. The molecule has 3 atom stereocenters. The fraction of sp³-hybridized carbons (Fsp3) is 0.367. The Hall–Kier alpha value is -3.58. The number of nitrogens with one attached hydrogen (secondary N) is 1. The largest absolute Gasteiger partial charge is 0.354 e. The first kappa shape index (κ1) is 28.0. The second-order valence-corrected chi connectivity index (χ2v) is 9.86. The number of carbonyl (C=O) groups is 2. The lowest BCUT2D eigenvalue weighted by Gasteiger charge is -2.37. The van der Waals surface area contributed by atoms with E-state index in [1.54, 1.807) is 30.6 Å². The third kappa shape index (κ3) is 7.23. The van der Waals surface area contributed by atoms with Crippen LogP contribution in [0.15, 0.2) is 79.1 Å². The number of nitrogens with zero attached hydrogens (tertiary/aromatic N) is 2. The number of rotatable bonds is 11. The molecule has 37 heavy (non-hydrogen) atoms. The first-order valence-corrected chi connectivity index (χ1v) is 12.7. The van der Waals surface area contributed by atoms with E-state index in [1.807, 2.05) is 75.1 Å². The molecular formula is C30H37FN4O2. The van der Waals surface area contributed by atoms with Gasteiger partial charge in [-0.2, -0.15) is 0 Å². The molecule has 1 heterocycles. The number of amides is 2. The van der Waals surface area contributed by atoms with E-state index in [0.29, 0.717) is 5.56 Å². The molecule has 2 unspecified atom stereocenters. The zero-order valence-electron chi connectivity index (χ0n) is 22.0. The molecular weight excluding hydrogens is 467 g/mol. The van der Waals surface area contributed by atoms with Crippen LogP contribution >= 0.6 is 0 Å². The number of nitrogens with two attached hydrogens (primary N) is 1. The Labute approximate surface area is 219 Å². The van der Waals surface area contributed by atoms with E-state index < -0.39 is 23.7 Å². The lowest BCUT2D eigenvalue weighted by Crippen LogP contribution is -2.48. The van der Waals surface area contributed by atoms with Crippen LogP contribution < -0.4 is 11.1 Å². The highest BCUT2D eigenvalue weighted by Gasteiger charge is 2.36. The zero-order chi connectivity index (χ0) is 26.9. The maximum Gasteiger partial charge on any atom is 0.237 e. The van der Waals surface area contributed by atoms with Crippen molar-refractivity contribution in [2.45, 2.75) is 64.1 Å². The van der Waals surface area contributed by atoms with Gasteiger partial charge in [-0.3, -0.25) is 14.6 Å². The predicted molar refractivity (Wildman–Crippen MR) is 144 cm³/mol. The molecule has 196 valence electrons. The van der Waals surface area contributed by atoms with E-state index in [2.05, 4.69) is 10.3 Å². The number of carbonyl (C=O) groups excluding carboxylic acids is 2. The Morgan fingerprint density at radius 3 is 2.14 bits per heavy atom. The second kappa shape index (κ2) is 13.1. The monoisotopic (exact) mass is 504 g/mol. The molecule has 0 saturated heterocycles. The van der Waals surface area contributed by atoms with Gasteiger partial charge >= 0.3 is 0 Å². The fourth-order valence-corrected chi connectivity index (χ4v) is 4.84. The van der Waals surface area contributed by atoms with Crippen LogP contribution in [-0.2, 0) is 16.0 Å². The molecule has 1 aromatic heterocycles. The normalized spacial score (nSPS) is 13.7. The van der Waals surface area contributed by atoms with Crippen LogP contribution in [0, 0.1) is 5.82 Å². The van der Waals surface area contributed by atoms with E-state index in [-0.39, 0.29) is 36.9 Å². The minimum atomic E-state index is -0.927. The fourth-order valence-electron chi connectivity index (χ4n) is 4.84. The summed E-state index contributed by atoms with van der Waals surface area (Å²) in [5.74, 6) is -1.77. The van der Waals surface area contributed by atoms with Crippen molar-refractivity contribution in [2.24, 2.45) is 5.73 Å². The molecule has 0 aliphatic rings. The molecule has 6 nitrogen and oxygen atoms in total. The Morgan fingerprint density at radius 2 is 1.54 bits per heavy atom. The van der Waals surface area contributed by atoms with Gasteiger partial charge in [0.25, 0.3) is 0 Å². The third-order valence-corrected chi connectivity index (χ3v) is 6.54. The average molecular weight is 505 g/mol. The van der Waals surface area contributed by atoms with Gasteiger partial charge in [-0.05, 0) is 62.9 Å². The average Bonchev–Trinajstić information content (AvgIpc) is 2.88. The van der Waals surface area contributed by atoms with Crippen LogP contribution in [0.2, 0.25) is 0 Å². The summed E-state index contributed by atoms with van der Waals surface area (Å²) in [5.41, 5.74) is 8.23. The molecule has 7 heteroatoms. The third-order valence-electron chi connectivity index (χ3n) is 6.54. The van der Waals surface area contributed by atoms with Gasteiger partial charge in [-0.15, -0.1) is 0 Å². The highest BCUT2D eigenvalue weighted by Crippen LogP contribution is 2.35. The topological polar surface area (TPSA) is 88.3 Å². The number of pyridine rings is 1. The summed E-state index contributed by atoms with van der Waals surface area (Å²) in [5, 5.41) is 2.95. The van der Waals surface area contributed by atoms with E-state index >= 15 is 0 Å². The SMILES string of the molecule is CC(C)N(C(=O)C(c1cccnc1)C(CNC(=O)[C@@H](N)Cc1ccccc1F)c1ccccc1)C(C)C. The van der Waals surface area contributed by atoms with Crippen molar-refractivity contribution in [2.75, 3.05) is 6.54 Å². The number of hydrogen-bond donors (Lipinski definition) is 2. The van der Waals surface area contributed by atoms with E-state index in [0.717, 1.165) is 11.1 Å². The quantitative estimate of drug-likeness (QED) is 0.405. The first-order valence-electron chi connectivity index (χ1n) is 12.7. The highest BCUT2D eigenvalue weighted by molar-refractivity contribution is 5.86. The predicted octanol–water partition coefficient (Wildman–Crippen LogP) is 4.42. The van der Waals surface area contributed by atoms with Crippen LogP contribution in [0.3, 0.4) is 0 Å². The summed E-state index contributed by atoms with van der Waals surface area (Å²) in [7, 11) is 0. The van der Waals surface area contributed by atoms with Gasteiger partial charge in [0, 0.05) is 36.9 Å². The lowest BCUT2D eigenvalue weighted by molar-refractivity contribution is -0.137. The molecule has 2 aromatic carbocycles. The smallest absolute Gasteiger partial charge is 0.237 e. The Morgan fingerprint density at radius 1 is 0.919 bits per heavy atom. The van der Waals surface area contributed by atoms with Crippen LogP contribution in [0.5, 0.6) is 0 Å². The minimum absolute atomic E-state index is 0.00752. The Balaban J connectivity index is 1.93. The van der Waals surface area contributed by atoms with Crippen LogP contribution in [-0.4, -0.2) is 46.4 Å². The van der Waals surface area contributed by atoms with Gasteiger partial charge in [0.1, 0.15) is 5.82 Å². The second-order valence-electron chi connectivity index (χ2n) is 9.86. The first-order chi connectivity index (χ1) is 17.7. The van der Waals surface area contributed by atoms with Crippen LogP contribution in [0.4, 0.5) is 4.39 Å². The molecule has 0 aliphatic carbocycles. The molecule has 0 saturated carbocycles. The lowest BCUT2D eigenvalue weighted by atomic mass is 9.80. The van der Waals surface area contributed by atoms with Gasteiger partial charge in [-0.25, -0.2) is 4.39 Å². The molecule has 3 rings (SSSR count). The highest BCUT2D eigenvalue weighted by atomic mass is 19.1. The minimum Gasteiger partial charge on any atom is -0.354 e. The van der Waals surface area contributed by atoms with Crippen molar-refractivity contribution < 1.29 is 14.0 Å². The van der Waals surface area contributed by atoms with Gasteiger partial charge in [0.05, 0.1) is 12.0 Å². The van der Waals surface area contributed by atoms with Crippen LogP contribution in [0.25, 0.3) is 0 Å². The van der Waals surface area contributed by atoms with Crippen molar-refractivity contribution >= 4 is 11.8 Å². The Bertz CT molecular complexity index is 1150. The maximum absolute atomic E-state index is 14.1. The molecule has 0 fully saturated rings. The van der Waals surface area contributed by atoms with Gasteiger partial charge in [0.15, 0.2) is 0 Å². The molecule has 0 spiro atoms. The van der Waals surface area contributed by atoms with Gasteiger partial charge < -0.3 is 16.0 Å². The van der Waals surface area contributed by atoms with Gasteiger partial charge in [0.2, 0.25) is 11.8 Å². The molecule has 0 aliphatic heterocycles. The number of benzene rings is 2. The molecule has 3 aromatic rings. The summed E-state index contributed by atoms with van der Waals surface area (Å²) < 4.78 is 14.1. The molecule has 0 bridgehead atoms. The Kier molecular flexibility index (Phi) is 9.92. The number of halogens is 1. The van der Waals surface area contributed by atoms with Crippen LogP contribution in [0.1, 0.15) is 56.2 Å². The van der Waals surface area contributed by atoms with Crippen molar-refractivity contribution in [3.05, 3.63) is 102 Å². The van der Waals surface area contributed by atoms with Gasteiger partial charge in [-0.1, -0.05) is 54.6 Å². The molecule has 2 amide bonds. The molecule has 0 radical (unpaired) electrons. The van der Waals surface area contributed by atoms with E-state index in [4.69, 9.17) is 5.73 Å². The number of hydrogen-bond acceptors (Lipinski definition) is 4.